The van der Waals surface area contributed by atoms with Gasteiger partial charge in [0.2, 0.25) is 0 Å². The van der Waals surface area contributed by atoms with E-state index in [1.54, 1.807) is 13.8 Å². The van der Waals surface area contributed by atoms with Gasteiger partial charge in [0, 0.05) is 11.9 Å². The molecule has 0 aromatic heterocycles. The zero-order chi connectivity index (χ0) is 22.3. The summed E-state index contributed by atoms with van der Waals surface area (Å²) in [7, 11) is 0. The Hall–Kier alpha value is -2.43. The van der Waals surface area contributed by atoms with E-state index in [0.29, 0.717) is 10.6 Å². The molecule has 0 bridgehead atoms. The quantitative estimate of drug-likeness (QED) is 0.562. The molecule has 2 aromatic carbocycles. The maximum Gasteiger partial charge on any atom is 0.307 e. The first-order valence-electron chi connectivity index (χ1n) is 10.0. The zero-order valence-corrected chi connectivity index (χ0v) is 19.0. The van der Waals surface area contributed by atoms with E-state index in [-0.39, 0.29) is 11.5 Å². The van der Waals surface area contributed by atoms with Gasteiger partial charge in [-0.2, -0.15) is 0 Å². The molecule has 0 N–H and O–H groups in total. The monoisotopic (exact) mass is 426 g/mol. The lowest BCUT2D eigenvalue weighted by Gasteiger charge is -2.42. The van der Waals surface area contributed by atoms with Crippen molar-refractivity contribution in [2.45, 2.75) is 59.2 Å². The fraction of sp³-hybridized carbons (Fsp3) is 0.360. The summed E-state index contributed by atoms with van der Waals surface area (Å²) in [5.41, 5.74) is 2.09. The molecular formula is C25H27ClO4. The lowest BCUT2D eigenvalue weighted by atomic mass is 9.80. The number of ketones is 1. The highest BCUT2D eigenvalue weighted by Crippen LogP contribution is 2.43. The first kappa shape index (κ1) is 22.3. The second kappa shape index (κ2) is 8.01. The van der Waals surface area contributed by atoms with Gasteiger partial charge < -0.3 is 9.47 Å². The molecule has 4 nitrogen and oxygen atoms in total. The number of carbonyl (C=O) groups excluding carboxylic acids is 2. The molecule has 0 radical (unpaired) electrons. The van der Waals surface area contributed by atoms with Crippen LogP contribution in [0.2, 0.25) is 5.02 Å². The highest BCUT2D eigenvalue weighted by molar-refractivity contribution is 6.30. The first-order chi connectivity index (χ1) is 14.0. The van der Waals surface area contributed by atoms with Crippen molar-refractivity contribution >= 4 is 28.9 Å². The number of halogens is 1. The maximum atomic E-state index is 13.5. The number of Topliss-reactive ketones (excluding diaryl/α,β-unsaturated/α-hetero) is 1. The number of aryl methyl sites for hydroxylation is 1. The van der Waals surface area contributed by atoms with Crippen LogP contribution in [-0.4, -0.2) is 23.0 Å². The minimum Gasteiger partial charge on any atom is -0.427 e. The van der Waals surface area contributed by atoms with Gasteiger partial charge in [0.25, 0.3) is 0 Å². The Balaban J connectivity index is 2.31. The highest BCUT2D eigenvalue weighted by atomic mass is 35.5. The summed E-state index contributed by atoms with van der Waals surface area (Å²) in [6.45, 7) is 10.5. The molecule has 5 heteroatoms. The molecule has 0 spiro atoms. The van der Waals surface area contributed by atoms with Crippen LogP contribution in [0, 0.1) is 0 Å². The third kappa shape index (κ3) is 4.21. The molecule has 1 aliphatic heterocycles. The van der Waals surface area contributed by atoms with Crippen LogP contribution in [0.1, 0.15) is 52.7 Å². The Labute approximate surface area is 182 Å². The number of rotatable bonds is 4. The molecule has 158 valence electrons. The third-order valence-electron chi connectivity index (χ3n) is 5.24. The van der Waals surface area contributed by atoms with Crippen LogP contribution in [0.5, 0.6) is 0 Å². The van der Waals surface area contributed by atoms with Gasteiger partial charge in [0.1, 0.15) is 11.2 Å². The Morgan fingerprint density at radius 2 is 1.60 bits per heavy atom. The first-order valence-corrected chi connectivity index (χ1v) is 10.4. The summed E-state index contributed by atoms with van der Waals surface area (Å²) >= 11 is 6.03. The zero-order valence-electron chi connectivity index (χ0n) is 18.3. The van der Waals surface area contributed by atoms with E-state index in [2.05, 4.69) is 0 Å². The second-order valence-electron chi connectivity index (χ2n) is 8.48. The van der Waals surface area contributed by atoms with Crippen molar-refractivity contribution in [3.05, 3.63) is 64.4 Å². The van der Waals surface area contributed by atoms with Gasteiger partial charge in [-0.15, -0.1) is 0 Å². The standard InChI is InChI=1S/C25H27ClO4/c1-7-16-8-9-18(17-10-12-19(26)13-11-17)14-20(16)21-22(28)24(3,4)30-25(5,6)23(21)29-15(2)27/h8-14H,7H2,1-6H3. The Morgan fingerprint density at radius 1 is 1.00 bits per heavy atom. The molecule has 0 saturated heterocycles. The van der Waals surface area contributed by atoms with E-state index < -0.39 is 17.2 Å². The summed E-state index contributed by atoms with van der Waals surface area (Å²) in [6.07, 6.45) is 0.724. The Kier molecular flexibility index (Phi) is 5.94. The van der Waals surface area contributed by atoms with Crippen LogP contribution in [0.4, 0.5) is 0 Å². The maximum absolute atomic E-state index is 13.5. The minimum absolute atomic E-state index is 0.207. The van der Waals surface area contributed by atoms with Crippen molar-refractivity contribution < 1.29 is 19.1 Å². The normalized spacial score (nSPS) is 17.8. The van der Waals surface area contributed by atoms with Gasteiger partial charge >= 0.3 is 5.97 Å². The molecule has 0 unspecified atom stereocenters. The van der Waals surface area contributed by atoms with Crippen LogP contribution < -0.4 is 0 Å². The lowest BCUT2D eigenvalue weighted by molar-refractivity contribution is -0.165. The summed E-state index contributed by atoms with van der Waals surface area (Å²) < 4.78 is 11.6. The largest absolute Gasteiger partial charge is 0.427 e. The van der Waals surface area contributed by atoms with Crippen LogP contribution in [0.15, 0.2) is 48.2 Å². The second-order valence-corrected chi connectivity index (χ2v) is 8.92. The van der Waals surface area contributed by atoms with E-state index in [0.717, 1.165) is 28.7 Å². The van der Waals surface area contributed by atoms with Crippen molar-refractivity contribution in [3.8, 4) is 11.1 Å². The number of ether oxygens (including phenoxy) is 2. The van der Waals surface area contributed by atoms with Crippen LogP contribution in [0.3, 0.4) is 0 Å². The number of esters is 1. The molecule has 0 saturated carbocycles. The van der Waals surface area contributed by atoms with Gasteiger partial charge in [-0.1, -0.05) is 42.8 Å². The predicted molar refractivity (Wildman–Crippen MR) is 119 cm³/mol. The topological polar surface area (TPSA) is 52.6 Å². The summed E-state index contributed by atoms with van der Waals surface area (Å²) in [4.78, 5) is 25.4. The summed E-state index contributed by atoms with van der Waals surface area (Å²) in [5, 5.41) is 0.659. The number of benzene rings is 2. The number of carbonyl (C=O) groups is 2. The SMILES string of the molecule is CCc1ccc(-c2ccc(Cl)cc2)cc1C1=C(OC(C)=O)C(C)(C)OC(C)(C)C1=O. The summed E-state index contributed by atoms with van der Waals surface area (Å²) in [5.74, 6) is -0.443. The van der Waals surface area contributed by atoms with E-state index >= 15 is 0 Å². The van der Waals surface area contributed by atoms with Gasteiger partial charge in [-0.05, 0) is 74.6 Å². The number of hydrogen-bond donors (Lipinski definition) is 0. The highest BCUT2D eigenvalue weighted by Gasteiger charge is 2.48. The van der Waals surface area contributed by atoms with E-state index in [1.807, 2.05) is 63.2 Å². The molecule has 0 aliphatic carbocycles. The van der Waals surface area contributed by atoms with Gasteiger partial charge in [-0.25, -0.2) is 0 Å². The van der Waals surface area contributed by atoms with Gasteiger partial charge in [0.05, 0.1) is 5.57 Å². The van der Waals surface area contributed by atoms with E-state index in [1.165, 1.54) is 6.92 Å². The molecule has 0 fully saturated rings. The molecule has 30 heavy (non-hydrogen) atoms. The van der Waals surface area contributed by atoms with Crippen molar-refractivity contribution in [2.75, 3.05) is 0 Å². The average Bonchev–Trinajstić information content (AvgIpc) is 2.66. The molecule has 2 aromatic rings. The smallest absolute Gasteiger partial charge is 0.307 e. The average molecular weight is 427 g/mol. The van der Waals surface area contributed by atoms with Crippen LogP contribution in [-0.2, 0) is 25.5 Å². The number of hydrogen-bond acceptors (Lipinski definition) is 4. The molecule has 1 heterocycles. The molecule has 1 aliphatic rings. The van der Waals surface area contributed by atoms with Crippen molar-refractivity contribution in [1.29, 1.82) is 0 Å². The fourth-order valence-corrected chi connectivity index (χ4v) is 4.06. The Bertz CT molecular complexity index is 1030. The summed E-state index contributed by atoms with van der Waals surface area (Å²) in [6, 6.07) is 13.6. The molecule has 0 atom stereocenters. The van der Waals surface area contributed by atoms with Crippen LogP contribution in [0.25, 0.3) is 16.7 Å². The molecule has 0 amide bonds. The third-order valence-corrected chi connectivity index (χ3v) is 5.49. The van der Waals surface area contributed by atoms with Crippen molar-refractivity contribution in [2.24, 2.45) is 0 Å². The van der Waals surface area contributed by atoms with Crippen molar-refractivity contribution in [3.63, 3.8) is 0 Å². The molecule has 3 rings (SSSR count). The lowest BCUT2D eigenvalue weighted by Crippen LogP contribution is -2.50. The fourth-order valence-electron chi connectivity index (χ4n) is 3.94. The predicted octanol–water partition coefficient (Wildman–Crippen LogP) is 6.00. The van der Waals surface area contributed by atoms with Crippen LogP contribution >= 0.6 is 11.6 Å². The van der Waals surface area contributed by atoms with E-state index in [4.69, 9.17) is 21.1 Å². The van der Waals surface area contributed by atoms with Gasteiger partial charge in [-0.3, -0.25) is 9.59 Å². The minimum atomic E-state index is -1.05. The molecular weight excluding hydrogens is 400 g/mol. The van der Waals surface area contributed by atoms with E-state index in [9.17, 15) is 9.59 Å². The van der Waals surface area contributed by atoms with Crippen molar-refractivity contribution in [1.82, 2.24) is 0 Å². The van der Waals surface area contributed by atoms with Gasteiger partial charge in [0.15, 0.2) is 11.5 Å². The Morgan fingerprint density at radius 3 is 2.17 bits per heavy atom.